The van der Waals surface area contributed by atoms with Crippen LogP contribution in [0.3, 0.4) is 0 Å². The molecule has 0 bridgehead atoms. The van der Waals surface area contributed by atoms with Crippen LogP contribution in [0.25, 0.3) is 0 Å². The molecule has 0 aliphatic carbocycles. The van der Waals surface area contributed by atoms with Gasteiger partial charge in [-0.05, 0) is 12.8 Å². The summed E-state index contributed by atoms with van der Waals surface area (Å²) in [6, 6.07) is 7.65. The van der Waals surface area contributed by atoms with Crippen LogP contribution in [-0.4, -0.2) is 40.5 Å². The Morgan fingerprint density at radius 3 is 2.30 bits per heavy atom. The Balaban J connectivity index is 2.44. The lowest BCUT2D eigenvalue weighted by Gasteiger charge is -2.13. The normalized spacial score (nSPS) is 11.8. The molecule has 1 aromatic rings. The Kier molecular flexibility index (Phi) is 6.39. The van der Waals surface area contributed by atoms with Crippen molar-refractivity contribution in [2.45, 2.75) is 25.3 Å². The Hall–Kier alpha value is -2.21. The van der Waals surface area contributed by atoms with Crippen molar-refractivity contribution in [3.8, 4) is 0 Å². The number of carboxylic acid groups (broad SMARTS) is 2. The van der Waals surface area contributed by atoms with Gasteiger partial charge >= 0.3 is 11.9 Å². The van der Waals surface area contributed by atoms with E-state index in [1.807, 2.05) is 0 Å². The molecular weight excluding hydrogens is 262 g/mol. The molecule has 0 heterocycles. The highest BCUT2D eigenvalue weighted by molar-refractivity contribution is 5.97. The van der Waals surface area contributed by atoms with Gasteiger partial charge in [0.2, 0.25) is 0 Å². The van der Waals surface area contributed by atoms with Gasteiger partial charge in [-0.3, -0.25) is 19.7 Å². The minimum absolute atomic E-state index is 0.0852. The summed E-state index contributed by atoms with van der Waals surface area (Å²) in [6.07, 6.45) is 0.334. The summed E-state index contributed by atoms with van der Waals surface area (Å²) in [6.45, 7) is -0.0892. The monoisotopic (exact) mass is 279 g/mol. The molecule has 108 valence electrons. The van der Waals surface area contributed by atoms with Gasteiger partial charge in [-0.1, -0.05) is 30.3 Å². The Morgan fingerprint density at radius 2 is 1.75 bits per heavy atom. The number of ketones is 1. The van der Waals surface area contributed by atoms with Crippen LogP contribution in [0.15, 0.2) is 30.3 Å². The molecule has 0 unspecified atom stereocenters. The molecule has 0 radical (unpaired) electrons. The lowest BCUT2D eigenvalue weighted by Crippen LogP contribution is -2.39. The minimum atomic E-state index is -1.09. The predicted molar refractivity (Wildman–Crippen MR) is 71.7 cm³/mol. The molecule has 1 aromatic carbocycles. The van der Waals surface area contributed by atoms with Crippen LogP contribution >= 0.6 is 0 Å². The van der Waals surface area contributed by atoms with E-state index in [4.69, 9.17) is 10.2 Å². The highest BCUT2D eigenvalue weighted by Gasteiger charge is 2.18. The Labute approximate surface area is 116 Å². The summed E-state index contributed by atoms with van der Waals surface area (Å²) in [5, 5.41) is 20.2. The number of hydrogen-bond donors (Lipinski definition) is 3. The van der Waals surface area contributed by atoms with Gasteiger partial charge in [0.05, 0.1) is 6.54 Å². The van der Waals surface area contributed by atoms with Crippen LogP contribution in [0, 0.1) is 0 Å². The van der Waals surface area contributed by atoms with Gasteiger partial charge < -0.3 is 10.2 Å². The fourth-order valence-corrected chi connectivity index (χ4v) is 1.71. The van der Waals surface area contributed by atoms with Crippen LogP contribution in [-0.2, 0) is 9.59 Å². The molecule has 20 heavy (non-hydrogen) atoms. The van der Waals surface area contributed by atoms with Crippen molar-refractivity contribution in [2.24, 2.45) is 0 Å². The highest BCUT2D eigenvalue weighted by Crippen LogP contribution is 2.03. The molecule has 0 spiro atoms. The maximum Gasteiger partial charge on any atom is 0.320 e. The second kappa shape index (κ2) is 8.06. The molecule has 6 heteroatoms. The SMILES string of the molecule is O=C(O)CCC[C@@H](NCC(=O)c1ccccc1)C(=O)O. The van der Waals surface area contributed by atoms with Crippen molar-refractivity contribution in [2.75, 3.05) is 6.54 Å². The van der Waals surface area contributed by atoms with E-state index in [0.717, 1.165) is 0 Å². The van der Waals surface area contributed by atoms with Crippen molar-refractivity contribution in [1.29, 1.82) is 0 Å². The molecule has 3 N–H and O–H groups in total. The van der Waals surface area contributed by atoms with E-state index in [9.17, 15) is 14.4 Å². The van der Waals surface area contributed by atoms with Crippen molar-refractivity contribution in [3.63, 3.8) is 0 Å². The van der Waals surface area contributed by atoms with Crippen LogP contribution in [0.4, 0.5) is 0 Å². The maximum absolute atomic E-state index is 11.8. The van der Waals surface area contributed by atoms with E-state index in [1.165, 1.54) is 0 Å². The molecule has 0 aliphatic heterocycles. The zero-order valence-corrected chi connectivity index (χ0v) is 10.9. The van der Waals surface area contributed by atoms with E-state index >= 15 is 0 Å². The largest absolute Gasteiger partial charge is 0.481 e. The van der Waals surface area contributed by atoms with E-state index in [-0.39, 0.29) is 31.6 Å². The molecular formula is C14H17NO5. The summed E-state index contributed by atoms with van der Waals surface area (Å²) in [7, 11) is 0. The van der Waals surface area contributed by atoms with Crippen molar-refractivity contribution in [1.82, 2.24) is 5.32 Å². The average Bonchev–Trinajstić information content (AvgIpc) is 2.42. The number of rotatable bonds is 9. The minimum Gasteiger partial charge on any atom is -0.481 e. The van der Waals surface area contributed by atoms with Gasteiger partial charge in [0.15, 0.2) is 5.78 Å². The second-order valence-electron chi connectivity index (χ2n) is 4.35. The second-order valence-corrected chi connectivity index (χ2v) is 4.35. The summed E-state index contributed by atoms with van der Waals surface area (Å²) < 4.78 is 0. The van der Waals surface area contributed by atoms with Crippen molar-refractivity contribution < 1.29 is 24.6 Å². The van der Waals surface area contributed by atoms with Crippen LogP contribution in [0.1, 0.15) is 29.6 Å². The van der Waals surface area contributed by atoms with E-state index in [1.54, 1.807) is 30.3 Å². The zero-order chi connectivity index (χ0) is 15.0. The van der Waals surface area contributed by atoms with E-state index in [2.05, 4.69) is 5.32 Å². The first kappa shape index (κ1) is 15.8. The summed E-state index contributed by atoms with van der Waals surface area (Å²) >= 11 is 0. The summed E-state index contributed by atoms with van der Waals surface area (Å²) in [5.74, 6) is -2.25. The Morgan fingerprint density at radius 1 is 1.10 bits per heavy atom. The van der Waals surface area contributed by atoms with Gasteiger partial charge in [0.25, 0.3) is 0 Å². The molecule has 0 amide bonds. The lowest BCUT2D eigenvalue weighted by atomic mass is 10.1. The lowest BCUT2D eigenvalue weighted by molar-refractivity contribution is -0.141. The molecule has 0 saturated heterocycles. The summed E-state index contributed by atoms with van der Waals surface area (Å²) in [4.78, 5) is 33.2. The van der Waals surface area contributed by atoms with E-state index < -0.39 is 18.0 Å². The van der Waals surface area contributed by atoms with Crippen LogP contribution in [0.5, 0.6) is 0 Å². The van der Waals surface area contributed by atoms with Gasteiger partial charge in [-0.25, -0.2) is 0 Å². The number of nitrogens with one attached hydrogen (secondary N) is 1. The fourth-order valence-electron chi connectivity index (χ4n) is 1.71. The highest BCUT2D eigenvalue weighted by atomic mass is 16.4. The fraction of sp³-hybridized carbons (Fsp3) is 0.357. The van der Waals surface area contributed by atoms with Crippen molar-refractivity contribution in [3.05, 3.63) is 35.9 Å². The van der Waals surface area contributed by atoms with Crippen LogP contribution < -0.4 is 5.32 Å². The topological polar surface area (TPSA) is 104 Å². The Bertz CT molecular complexity index is 472. The van der Waals surface area contributed by atoms with E-state index in [0.29, 0.717) is 5.56 Å². The zero-order valence-electron chi connectivity index (χ0n) is 10.9. The third kappa shape index (κ3) is 5.62. The maximum atomic E-state index is 11.8. The number of carbonyl (C=O) groups is 3. The van der Waals surface area contributed by atoms with Gasteiger partial charge in [0.1, 0.15) is 6.04 Å². The molecule has 0 saturated carbocycles. The first-order chi connectivity index (χ1) is 9.50. The van der Waals surface area contributed by atoms with Crippen molar-refractivity contribution >= 4 is 17.7 Å². The average molecular weight is 279 g/mol. The standard InChI is InChI=1S/C14H17NO5/c16-12(10-5-2-1-3-6-10)9-15-11(14(19)20)7-4-8-13(17)18/h1-3,5-6,11,15H,4,7-9H2,(H,17,18)(H,19,20)/t11-/m1/s1. The number of benzene rings is 1. The number of carboxylic acids is 2. The first-order valence-electron chi connectivity index (χ1n) is 6.27. The quantitative estimate of drug-likeness (QED) is 0.586. The first-order valence-corrected chi connectivity index (χ1v) is 6.27. The molecule has 0 aliphatic rings. The van der Waals surface area contributed by atoms with Gasteiger partial charge in [-0.2, -0.15) is 0 Å². The number of carbonyl (C=O) groups excluding carboxylic acids is 1. The third-order valence-corrected chi connectivity index (χ3v) is 2.79. The third-order valence-electron chi connectivity index (χ3n) is 2.79. The number of hydrogen-bond acceptors (Lipinski definition) is 4. The van der Waals surface area contributed by atoms with Crippen LogP contribution in [0.2, 0.25) is 0 Å². The van der Waals surface area contributed by atoms with Gasteiger partial charge in [-0.15, -0.1) is 0 Å². The molecule has 1 atom stereocenters. The van der Waals surface area contributed by atoms with Gasteiger partial charge in [0, 0.05) is 12.0 Å². The number of Topliss-reactive ketones (excluding diaryl/α,β-unsaturated/α-hetero) is 1. The predicted octanol–water partition coefficient (Wildman–Crippen LogP) is 1.17. The molecule has 6 nitrogen and oxygen atoms in total. The smallest absolute Gasteiger partial charge is 0.320 e. The summed E-state index contributed by atoms with van der Waals surface area (Å²) in [5.41, 5.74) is 0.509. The molecule has 1 rings (SSSR count). The molecule has 0 fully saturated rings. The molecule has 0 aromatic heterocycles. The number of aliphatic carboxylic acids is 2.